The van der Waals surface area contributed by atoms with Crippen LogP contribution < -0.4 is 11.1 Å². The van der Waals surface area contributed by atoms with Crippen LogP contribution in [0.4, 0.5) is 0 Å². The maximum atomic E-state index is 6.73. The summed E-state index contributed by atoms with van der Waals surface area (Å²) in [6, 6.07) is 18.1. The van der Waals surface area contributed by atoms with Gasteiger partial charge in [-0.1, -0.05) is 101 Å². The summed E-state index contributed by atoms with van der Waals surface area (Å²) < 4.78 is 0. The van der Waals surface area contributed by atoms with E-state index >= 15 is 0 Å². The van der Waals surface area contributed by atoms with E-state index in [9.17, 15) is 0 Å². The van der Waals surface area contributed by atoms with Crippen molar-refractivity contribution in [2.75, 3.05) is 0 Å². The molecule has 0 amide bonds. The number of rotatable bonds is 2. The Bertz CT molecular complexity index is 1790. The maximum Gasteiger partial charge on any atom is 0.140 e. The summed E-state index contributed by atoms with van der Waals surface area (Å²) in [5, 5.41) is 7.17. The van der Waals surface area contributed by atoms with E-state index < -0.39 is 0 Å². The predicted molar refractivity (Wildman–Crippen MR) is 168 cm³/mol. The van der Waals surface area contributed by atoms with Gasteiger partial charge >= 0.3 is 0 Å². The number of hydrogen-bond donors (Lipinski definition) is 0. The lowest BCUT2D eigenvalue weighted by atomic mass is 9.78. The first-order valence-electron chi connectivity index (χ1n) is 13.5. The second-order valence-corrected chi connectivity index (χ2v) is 14.5. The van der Waals surface area contributed by atoms with Crippen molar-refractivity contribution >= 4 is 70.8 Å². The Morgan fingerprint density at radius 1 is 0.789 bits per heavy atom. The quantitative estimate of drug-likeness (QED) is 0.175. The predicted octanol–water partition coefficient (Wildman–Crippen LogP) is 7.75. The van der Waals surface area contributed by atoms with E-state index in [2.05, 4.69) is 97.0 Å². The van der Waals surface area contributed by atoms with Gasteiger partial charge in [-0.05, 0) is 86.4 Å². The average Bonchev–Trinajstić information content (AvgIpc) is 2.80. The van der Waals surface area contributed by atoms with Gasteiger partial charge in [-0.25, -0.2) is 0 Å². The van der Waals surface area contributed by atoms with Crippen molar-refractivity contribution in [3.05, 3.63) is 65.2 Å². The van der Waals surface area contributed by atoms with Crippen LogP contribution in [0.25, 0.3) is 43.6 Å². The zero-order chi connectivity index (χ0) is 27.1. The van der Waals surface area contributed by atoms with E-state index in [-0.39, 0.29) is 10.8 Å². The Hall–Kier alpha value is -2.71. The van der Waals surface area contributed by atoms with E-state index in [0.717, 1.165) is 34.7 Å². The molecular formula is C34H33B2NS. The number of aromatic nitrogens is 1. The summed E-state index contributed by atoms with van der Waals surface area (Å²) >= 11 is 1.88. The van der Waals surface area contributed by atoms with Crippen molar-refractivity contribution in [1.29, 1.82) is 0 Å². The van der Waals surface area contributed by atoms with Crippen LogP contribution in [0.1, 0.15) is 58.2 Å². The van der Waals surface area contributed by atoms with Crippen LogP contribution in [0.5, 0.6) is 0 Å². The first-order valence-corrected chi connectivity index (χ1v) is 14.3. The Balaban J connectivity index is 1.76. The fourth-order valence-corrected chi connectivity index (χ4v) is 7.30. The van der Waals surface area contributed by atoms with Crippen molar-refractivity contribution in [2.24, 2.45) is 10.8 Å². The summed E-state index contributed by atoms with van der Waals surface area (Å²) in [6.07, 6.45) is 1.97. The molecule has 4 aromatic carbocycles. The molecule has 38 heavy (non-hydrogen) atoms. The summed E-state index contributed by atoms with van der Waals surface area (Å²) in [4.78, 5) is 7.49. The van der Waals surface area contributed by atoms with Crippen LogP contribution in [0.3, 0.4) is 0 Å². The first kappa shape index (κ1) is 25.6. The Morgan fingerprint density at radius 3 is 2.24 bits per heavy atom. The van der Waals surface area contributed by atoms with Gasteiger partial charge in [-0.15, -0.1) is 0 Å². The Morgan fingerprint density at radius 2 is 1.53 bits per heavy atom. The highest BCUT2D eigenvalue weighted by Gasteiger charge is 2.29. The molecule has 0 unspecified atom stereocenters. The lowest BCUT2D eigenvalue weighted by Gasteiger charge is -2.29. The second-order valence-electron chi connectivity index (χ2n) is 13.4. The SMILES string of the molecule is [B]c1nc2c3c(cc4c(CC(C)(C)C)cccc4c3c1[B])Sc1c-2cc2cc(C)ccc2c1CC(C)(C)C. The van der Waals surface area contributed by atoms with Crippen LogP contribution in [0, 0.1) is 17.8 Å². The topological polar surface area (TPSA) is 12.9 Å². The molecule has 1 aromatic heterocycles. The first-order chi connectivity index (χ1) is 17.8. The normalized spacial score (nSPS) is 13.4. The van der Waals surface area contributed by atoms with Gasteiger partial charge in [0.25, 0.3) is 0 Å². The van der Waals surface area contributed by atoms with Crippen molar-refractivity contribution in [3.8, 4) is 11.3 Å². The van der Waals surface area contributed by atoms with Crippen LogP contribution in [0.2, 0.25) is 0 Å². The number of pyridine rings is 1. The third-order valence-corrected chi connectivity index (χ3v) is 8.71. The van der Waals surface area contributed by atoms with Crippen molar-refractivity contribution in [2.45, 2.75) is 71.1 Å². The molecule has 4 heteroatoms. The van der Waals surface area contributed by atoms with Gasteiger partial charge < -0.3 is 0 Å². The number of fused-ring (bicyclic) bond motifs is 5. The van der Waals surface area contributed by atoms with Gasteiger partial charge in [0.15, 0.2) is 0 Å². The van der Waals surface area contributed by atoms with E-state index in [1.54, 1.807) is 0 Å². The lowest BCUT2D eigenvalue weighted by Crippen LogP contribution is -2.31. The zero-order valence-electron chi connectivity index (χ0n) is 23.5. The van der Waals surface area contributed by atoms with Crippen LogP contribution in [0.15, 0.2) is 58.3 Å². The van der Waals surface area contributed by atoms with Crippen molar-refractivity contribution in [1.82, 2.24) is 4.98 Å². The smallest absolute Gasteiger partial charge is 0.140 e. The highest BCUT2D eigenvalue weighted by Crippen LogP contribution is 2.52. The van der Waals surface area contributed by atoms with E-state index in [1.165, 1.54) is 48.2 Å². The summed E-state index contributed by atoms with van der Waals surface area (Å²) in [5.74, 6) is 0. The number of benzene rings is 4. The molecule has 0 bridgehead atoms. The molecule has 1 aliphatic rings. The van der Waals surface area contributed by atoms with Gasteiger partial charge in [0.05, 0.1) is 5.69 Å². The molecule has 4 radical (unpaired) electrons. The fourth-order valence-electron chi connectivity index (χ4n) is 6.03. The standard InChI is InChI=1S/C34H33B2NS/c1-18-11-12-21-20(13-18)14-24-30-28-26(38-31(24)25(21)17-34(5,6)7)15-23-19(16-33(2,3)4)9-8-10-22(23)27(28)29(35)32(36)37-30/h8-15H,16-17H2,1-7H3. The Kier molecular flexibility index (Phi) is 5.82. The minimum atomic E-state index is 0.139. The van der Waals surface area contributed by atoms with Gasteiger partial charge in [0, 0.05) is 20.7 Å². The van der Waals surface area contributed by atoms with Gasteiger partial charge in [0.1, 0.15) is 15.7 Å². The third-order valence-electron chi connectivity index (χ3n) is 7.50. The molecule has 0 saturated heterocycles. The van der Waals surface area contributed by atoms with E-state index in [0.29, 0.717) is 11.1 Å². The minimum Gasteiger partial charge on any atom is -0.264 e. The molecule has 5 aromatic rings. The summed E-state index contributed by atoms with van der Waals surface area (Å²) in [5.41, 5.74) is 7.43. The fraction of sp³-hybridized carbons (Fsp3) is 0.324. The molecule has 0 N–H and O–H groups in total. The molecule has 2 heterocycles. The third kappa shape index (κ3) is 4.26. The van der Waals surface area contributed by atoms with Crippen LogP contribution in [-0.4, -0.2) is 20.7 Å². The molecule has 0 atom stereocenters. The molecule has 0 spiro atoms. The Labute approximate surface area is 233 Å². The molecular weight excluding hydrogens is 476 g/mol. The highest BCUT2D eigenvalue weighted by molar-refractivity contribution is 8.00. The summed E-state index contributed by atoms with van der Waals surface area (Å²) in [6.45, 7) is 16.0. The molecule has 0 saturated carbocycles. The lowest BCUT2D eigenvalue weighted by molar-refractivity contribution is 0.410. The molecule has 186 valence electrons. The highest BCUT2D eigenvalue weighted by atomic mass is 32.2. The molecule has 1 aliphatic heterocycles. The molecule has 0 fully saturated rings. The van der Waals surface area contributed by atoms with Gasteiger partial charge in [0.2, 0.25) is 0 Å². The van der Waals surface area contributed by atoms with E-state index in [4.69, 9.17) is 20.7 Å². The van der Waals surface area contributed by atoms with Gasteiger partial charge in [-0.2, -0.15) is 0 Å². The summed E-state index contributed by atoms with van der Waals surface area (Å²) in [7, 11) is 13.3. The van der Waals surface area contributed by atoms with E-state index in [1.807, 2.05) is 11.8 Å². The number of hydrogen-bond acceptors (Lipinski definition) is 2. The van der Waals surface area contributed by atoms with Crippen molar-refractivity contribution < 1.29 is 0 Å². The largest absolute Gasteiger partial charge is 0.264 e. The minimum absolute atomic E-state index is 0.139. The second kappa shape index (κ2) is 8.65. The molecule has 0 aliphatic carbocycles. The average molecular weight is 509 g/mol. The molecule has 1 nitrogen and oxygen atoms in total. The van der Waals surface area contributed by atoms with Crippen molar-refractivity contribution in [3.63, 3.8) is 0 Å². The zero-order valence-corrected chi connectivity index (χ0v) is 24.4. The maximum absolute atomic E-state index is 6.73. The van der Waals surface area contributed by atoms with Crippen LogP contribution in [-0.2, 0) is 12.8 Å². The van der Waals surface area contributed by atoms with Crippen LogP contribution >= 0.6 is 11.8 Å². The molecule has 6 rings (SSSR count). The number of aryl methyl sites for hydroxylation is 1. The number of nitrogens with zero attached hydrogens (tertiary/aromatic N) is 1. The van der Waals surface area contributed by atoms with Gasteiger partial charge in [-0.3, -0.25) is 4.98 Å². The monoisotopic (exact) mass is 509 g/mol.